The van der Waals surface area contributed by atoms with E-state index in [9.17, 15) is 9.59 Å². The molecule has 0 bridgehead atoms. The Kier molecular flexibility index (Phi) is 4.69. The number of carbonyl (C=O) groups excluding carboxylic acids is 2. The predicted octanol–water partition coefficient (Wildman–Crippen LogP) is 2.81. The molecule has 1 rings (SSSR count). The number of hydrogen-bond donors (Lipinski definition) is 2. The molecule has 0 aliphatic heterocycles. The third-order valence-electron chi connectivity index (χ3n) is 2.52. The van der Waals surface area contributed by atoms with Crippen LogP contribution in [0.5, 0.6) is 0 Å². The maximum absolute atomic E-state index is 11.6. The van der Waals surface area contributed by atoms with Crippen LogP contribution in [-0.4, -0.2) is 17.9 Å². The van der Waals surface area contributed by atoms with E-state index in [1.54, 1.807) is 24.3 Å². The largest absolute Gasteiger partial charge is 0.335 e. The van der Waals surface area contributed by atoms with Gasteiger partial charge < -0.3 is 10.6 Å². The van der Waals surface area contributed by atoms with Gasteiger partial charge in [0.05, 0.1) is 0 Å². The molecule has 0 spiro atoms. The molecule has 0 aromatic heterocycles. The maximum atomic E-state index is 11.6. The molecule has 4 nitrogen and oxygen atoms in total. The van der Waals surface area contributed by atoms with Gasteiger partial charge in [-0.1, -0.05) is 19.1 Å². The Hall–Kier alpha value is -1.84. The summed E-state index contributed by atoms with van der Waals surface area (Å²) in [6, 6.07) is 6.77. The minimum absolute atomic E-state index is 0.0176. The normalized spacial score (nSPS) is 11.7. The standard InChI is InChI=1S/C13H18N2O2/c1-4-9(2)14-13(17)15-12-7-5-6-11(8-12)10(3)16/h5-9H,4H2,1-3H3,(H2,14,15,17). The number of carbonyl (C=O) groups is 2. The van der Waals surface area contributed by atoms with Gasteiger partial charge in [-0.15, -0.1) is 0 Å². The molecule has 1 aromatic rings. The van der Waals surface area contributed by atoms with E-state index in [0.29, 0.717) is 11.3 Å². The van der Waals surface area contributed by atoms with Gasteiger partial charge >= 0.3 is 6.03 Å². The summed E-state index contributed by atoms with van der Waals surface area (Å²) in [6.45, 7) is 5.44. The highest BCUT2D eigenvalue weighted by Gasteiger charge is 2.06. The highest BCUT2D eigenvalue weighted by atomic mass is 16.2. The molecule has 2 N–H and O–H groups in total. The summed E-state index contributed by atoms with van der Waals surface area (Å²) >= 11 is 0. The van der Waals surface area contributed by atoms with Gasteiger partial charge in [-0.25, -0.2) is 4.79 Å². The highest BCUT2D eigenvalue weighted by Crippen LogP contribution is 2.11. The molecule has 0 saturated heterocycles. The number of urea groups is 1. The van der Waals surface area contributed by atoms with Gasteiger partial charge in [0, 0.05) is 17.3 Å². The molecule has 92 valence electrons. The van der Waals surface area contributed by atoms with Crippen molar-refractivity contribution < 1.29 is 9.59 Å². The van der Waals surface area contributed by atoms with Crippen LogP contribution in [0.25, 0.3) is 0 Å². The fourth-order valence-electron chi connectivity index (χ4n) is 1.31. The lowest BCUT2D eigenvalue weighted by Gasteiger charge is -2.12. The molecule has 1 unspecified atom stereocenters. The lowest BCUT2D eigenvalue weighted by molar-refractivity contribution is 0.101. The summed E-state index contributed by atoms with van der Waals surface area (Å²) in [5, 5.41) is 5.49. The molecule has 1 aromatic carbocycles. The highest BCUT2D eigenvalue weighted by molar-refractivity contribution is 5.96. The van der Waals surface area contributed by atoms with Crippen molar-refractivity contribution in [1.29, 1.82) is 0 Å². The Morgan fingerprint density at radius 1 is 1.35 bits per heavy atom. The van der Waals surface area contributed by atoms with Crippen molar-refractivity contribution in [2.75, 3.05) is 5.32 Å². The minimum atomic E-state index is -0.250. The van der Waals surface area contributed by atoms with E-state index >= 15 is 0 Å². The van der Waals surface area contributed by atoms with Crippen LogP contribution in [0.2, 0.25) is 0 Å². The zero-order valence-electron chi connectivity index (χ0n) is 10.4. The first-order valence-corrected chi connectivity index (χ1v) is 5.71. The second kappa shape index (κ2) is 6.03. The predicted molar refractivity (Wildman–Crippen MR) is 68.4 cm³/mol. The lowest BCUT2D eigenvalue weighted by atomic mass is 10.1. The number of benzene rings is 1. The van der Waals surface area contributed by atoms with Crippen LogP contribution >= 0.6 is 0 Å². The third kappa shape index (κ3) is 4.26. The number of rotatable bonds is 4. The van der Waals surface area contributed by atoms with Crippen molar-refractivity contribution in [3.05, 3.63) is 29.8 Å². The van der Waals surface area contributed by atoms with Gasteiger partial charge in [0.25, 0.3) is 0 Å². The van der Waals surface area contributed by atoms with E-state index in [0.717, 1.165) is 6.42 Å². The average molecular weight is 234 g/mol. The van der Waals surface area contributed by atoms with Crippen molar-refractivity contribution >= 4 is 17.5 Å². The first-order chi connectivity index (χ1) is 8.02. The van der Waals surface area contributed by atoms with Crippen LogP contribution in [0.1, 0.15) is 37.6 Å². The van der Waals surface area contributed by atoms with E-state index < -0.39 is 0 Å². The van der Waals surface area contributed by atoms with Crippen LogP contribution in [0.3, 0.4) is 0 Å². The fourth-order valence-corrected chi connectivity index (χ4v) is 1.31. The number of nitrogens with one attached hydrogen (secondary N) is 2. The summed E-state index contributed by atoms with van der Waals surface area (Å²) in [4.78, 5) is 22.7. The molecule has 0 fully saturated rings. The Balaban J connectivity index is 2.65. The van der Waals surface area contributed by atoms with Crippen molar-refractivity contribution in [3.8, 4) is 0 Å². The minimum Gasteiger partial charge on any atom is -0.335 e. The molecular weight excluding hydrogens is 216 g/mol. The third-order valence-corrected chi connectivity index (χ3v) is 2.52. The Labute approximate surface area is 101 Å². The fraction of sp³-hybridized carbons (Fsp3) is 0.385. The van der Waals surface area contributed by atoms with Crippen LogP contribution in [0.4, 0.5) is 10.5 Å². The molecule has 0 aliphatic rings. The van der Waals surface area contributed by atoms with Crippen LogP contribution in [0, 0.1) is 0 Å². The first kappa shape index (κ1) is 13.2. The number of ketones is 1. The van der Waals surface area contributed by atoms with E-state index in [-0.39, 0.29) is 17.9 Å². The monoisotopic (exact) mass is 234 g/mol. The molecule has 1 atom stereocenters. The Morgan fingerprint density at radius 2 is 2.06 bits per heavy atom. The summed E-state index contributed by atoms with van der Waals surface area (Å²) in [6.07, 6.45) is 0.876. The van der Waals surface area contributed by atoms with Crippen molar-refractivity contribution in [2.45, 2.75) is 33.2 Å². The zero-order valence-corrected chi connectivity index (χ0v) is 10.4. The molecule has 2 amide bonds. The smallest absolute Gasteiger partial charge is 0.319 e. The van der Waals surface area contributed by atoms with Gasteiger partial charge in [-0.3, -0.25) is 4.79 Å². The van der Waals surface area contributed by atoms with Crippen molar-refractivity contribution in [3.63, 3.8) is 0 Å². The molecular formula is C13H18N2O2. The number of hydrogen-bond acceptors (Lipinski definition) is 2. The van der Waals surface area contributed by atoms with Crippen LogP contribution < -0.4 is 10.6 Å². The van der Waals surface area contributed by atoms with Gasteiger partial charge in [0.15, 0.2) is 5.78 Å². The van der Waals surface area contributed by atoms with Gasteiger partial charge in [-0.05, 0) is 32.4 Å². The van der Waals surface area contributed by atoms with E-state index in [2.05, 4.69) is 10.6 Å². The van der Waals surface area contributed by atoms with Crippen LogP contribution in [0.15, 0.2) is 24.3 Å². The second-order valence-corrected chi connectivity index (χ2v) is 4.04. The lowest BCUT2D eigenvalue weighted by Crippen LogP contribution is -2.35. The van der Waals surface area contributed by atoms with Gasteiger partial charge in [0.2, 0.25) is 0 Å². The van der Waals surface area contributed by atoms with E-state index in [1.165, 1.54) is 6.92 Å². The maximum Gasteiger partial charge on any atom is 0.319 e. The molecule has 4 heteroatoms. The van der Waals surface area contributed by atoms with Gasteiger partial charge in [-0.2, -0.15) is 0 Å². The molecule has 17 heavy (non-hydrogen) atoms. The SMILES string of the molecule is CCC(C)NC(=O)Nc1cccc(C(C)=O)c1. The topological polar surface area (TPSA) is 58.2 Å². The summed E-state index contributed by atoms with van der Waals surface area (Å²) < 4.78 is 0. The number of Topliss-reactive ketones (excluding diaryl/α,β-unsaturated/α-hetero) is 1. The van der Waals surface area contributed by atoms with E-state index in [1.807, 2.05) is 13.8 Å². The number of amides is 2. The van der Waals surface area contributed by atoms with Gasteiger partial charge in [0.1, 0.15) is 0 Å². The first-order valence-electron chi connectivity index (χ1n) is 5.71. The Bertz CT molecular complexity index is 416. The summed E-state index contributed by atoms with van der Waals surface area (Å²) in [7, 11) is 0. The quantitative estimate of drug-likeness (QED) is 0.787. The van der Waals surface area contributed by atoms with Crippen molar-refractivity contribution in [1.82, 2.24) is 5.32 Å². The molecule has 0 saturated carbocycles. The average Bonchev–Trinajstić information content (AvgIpc) is 2.28. The van der Waals surface area contributed by atoms with E-state index in [4.69, 9.17) is 0 Å². The van der Waals surface area contributed by atoms with Crippen molar-refractivity contribution in [2.24, 2.45) is 0 Å². The second-order valence-electron chi connectivity index (χ2n) is 4.04. The number of anilines is 1. The zero-order chi connectivity index (χ0) is 12.8. The Morgan fingerprint density at radius 3 is 2.65 bits per heavy atom. The van der Waals surface area contributed by atoms with Crippen LogP contribution in [-0.2, 0) is 0 Å². The molecule has 0 aliphatic carbocycles. The molecule has 0 radical (unpaired) electrons. The summed E-state index contributed by atoms with van der Waals surface area (Å²) in [5.41, 5.74) is 1.21. The molecule has 0 heterocycles. The summed E-state index contributed by atoms with van der Waals surface area (Å²) in [5.74, 6) is -0.0176.